The van der Waals surface area contributed by atoms with E-state index >= 15 is 0 Å². The Labute approximate surface area is 338 Å². The van der Waals surface area contributed by atoms with E-state index in [9.17, 15) is 23.8 Å². The molecule has 0 radical (unpaired) electrons. The van der Waals surface area contributed by atoms with E-state index in [1.54, 1.807) is 0 Å². The number of phosphoric ester groups is 1. The van der Waals surface area contributed by atoms with E-state index in [-0.39, 0.29) is 19.4 Å². The molecule has 0 aromatic carbocycles. The molecular formula is C44H76NO10P. The first kappa shape index (κ1) is 53.2. The van der Waals surface area contributed by atoms with Crippen LogP contribution in [0.4, 0.5) is 0 Å². The first-order valence-corrected chi connectivity index (χ1v) is 22.8. The Kier molecular flexibility index (Phi) is 37.1. The molecule has 3 atom stereocenters. The third kappa shape index (κ3) is 38.1. The highest BCUT2D eigenvalue weighted by molar-refractivity contribution is 7.47. The second-order valence-electron chi connectivity index (χ2n) is 14.1. The van der Waals surface area contributed by atoms with Gasteiger partial charge in [-0.15, -0.1) is 0 Å². The monoisotopic (exact) mass is 810 g/mol. The van der Waals surface area contributed by atoms with Crippen molar-refractivity contribution in [2.24, 2.45) is 5.73 Å². The van der Waals surface area contributed by atoms with Crippen molar-refractivity contribution in [1.29, 1.82) is 0 Å². The van der Waals surface area contributed by atoms with Crippen LogP contribution in [0.15, 0.2) is 60.8 Å². The van der Waals surface area contributed by atoms with Gasteiger partial charge in [0.2, 0.25) is 0 Å². The topological polar surface area (TPSA) is 172 Å². The SMILES string of the molecule is CC/C=C/C/C=C/C/C=C/CCCCCCCC(=O)OC[C@H](COP(=O)(O)OC[C@H](N)C(=O)O)OC(=O)CCC/C=C/C/C=C/CCCCCCCCCCC. The van der Waals surface area contributed by atoms with Crippen LogP contribution in [-0.2, 0) is 37.5 Å². The van der Waals surface area contributed by atoms with Gasteiger partial charge in [0, 0.05) is 12.8 Å². The van der Waals surface area contributed by atoms with Gasteiger partial charge in [0.15, 0.2) is 6.10 Å². The Balaban J connectivity index is 4.47. The second kappa shape index (κ2) is 39.0. The third-order valence-corrected chi connectivity index (χ3v) is 9.70. The number of hydrogen-bond donors (Lipinski definition) is 3. The summed E-state index contributed by atoms with van der Waals surface area (Å²) in [4.78, 5) is 45.9. The van der Waals surface area contributed by atoms with Crippen molar-refractivity contribution >= 4 is 25.7 Å². The number of rotatable bonds is 39. The zero-order chi connectivity index (χ0) is 41.4. The van der Waals surface area contributed by atoms with E-state index in [4.69, 9.17) is 24.8 Å². The van der Waals surface area contributed by atoms with Crippen LogP contribution in [0.3, 0.4) is 0 Å². The number of carboxylic acids is 1. The van der Waals surface area contributed by atoms with Gasteiger partial charge in [-0.25, -0.2) is 4.57 Å². The molecule has 0 saturated carbocycles. The normalized spacial score (nSPS) is 14.4. The van der Waals surface area contributed by atoms with Gasteiger partial charge in [-0.1, -0.05) is 145 Å². The van der Waals surface area contributed by atoms with E-state index in [0.29, 0.717) is 19.3 Å². The third-order valence-electron chi connectivity index (χ3n) is 8.75. The highest BCUT2D eigenvalue weighted by Crippen LogP contribution is 2.43. The average molecular weight is 810 g/mol. The molecule has 1 unspecified atom stereocenters. The minimum Gasteiger partial charge on any atom is -0.480 e. The maximum Gasteiger partial charge on any atom is 0.472 e. The predicted octanol–water partition coefficient (Wildman–Crippen LogP) is 11.2. The van der Waals surface area contributed by atoms with E-state index in [1.807, 2.05) is 6.08 Å². The molecule has 12 heteroatoms. The summed E-state index contributed by atoms with van der Waals surface area (Å²) in [5.41, 5.74) is 5.32. The van der Waals surface area contributed by atoms with Crippen molar-refractivity contribution in [1.82, 2.24) is 0 Å². The van der Waals surface area contributed by atoms with Crippen LogP contribution in [0.5, 0.6) is 0 Å². The summed E-state index contributed by atoms with van der Waals surface area (Å²) in [6, 6.07) is -1.53. The predicted molar refractivity (Wildman–Crippen MR) is 226 cm³/mol. The Morgan fingerprint density at radius 2 is 1.02 bits per heavy atom. The van der Waals surface area contributed by atoms with Crippen molar-refractivity contribution in [3.63, 3.8) is 0 Å². The quantitative estimate of drug-likeness (QED) is 0.0233. The highest BCUT2D eigenvalue weighted by atomic mass is 31.2. The molecule has 322 valence electrons. The zero-order valence-electron chi connectivity index (χ0n) is 34.7. The largest absolute Gasteiger partial charge is 0.480 e. The molecule has 0 rings (SSSR count). The standard InChI is InChI=1S/C44H76NO10P/c1-3-5-7-9-11-13-15-17-19-20-22-24-26-28-30-32-34-36-43(47)55-40(38-53-56(50,51)54-39-41(45)44(48)49)37-52-42(46)35-33-31-29-27-25-23-21-18-16-14-12-10-8-6-4-2/h6,8,12,14,18,21-22,24,28,30,40-41H,3-5,7,9-11,13,15-17,19-20,23,25-27,29,31-39,45H2,1-2H3,(H,48,49)(H,50,51)/b8-6+,14-12+,21-18+,24-22+,30-28+/t40-,41+/m1/s1. The zero-order valence-corrected chi connectivity index (χ0v) is 35.6. The number of phosphoric acid groups is 1. The number of hydrogen-bond acceptors (Lipinski definition) is 9. The number of ether oxygens (including phenoxy) is 2. The van der Waals surface area contributed by atoms with Gasteiger partial charge >= 0.3 is 25.7 Å². The maximum atomic E-state index is 12.6. The van der Waals surface area contributed by atoms with Crippen molar-refractivity contribution in [2.75, 3.05) is 19.8 Å². The summed E-state index contributed by atoms with van der Waals surface area (Å²) in [5, 5.41) is 8.88. The van der Waals surface area contributed by atoms with Gasteiger partial charge in [-0.05, 0) is 70.6 Å². The van der Waals surface area contributed by atoms with Gasteiger partial charge in [0.25, 0.3) is 0 Å². The van der Waals surface area contributed by atoms with Gasteiger partial charge in [-0.3, -0.25) is 23.4 Å². The Morgan fingerprint density at radius 1 is 0.571 bits per heavy atom. The van der Waals surface area contributed by atoms with Crippen LogP contribution < -0.4 is 5.73 Å². The molecule has 0 saturated heterocycles. The second-order valence-corrected chi connectivity index (χ2v) is 15.5. The fourth-order valence-corrected chi connectivity index (χ4v) is 6.19. The van der Waals surface area contributed by atoms with Gasteiger partial charge in [-0.2, -0.15) is 0 Å². The van der Waals surface area contributed by atoms with E-state index in [0.717, 1.165) is 64.2 Å². The molecule has 11 nitrogen and oxygen atoms in total. The van der Waals surface area contributed by atoms with E-state index in [2.05, 4.69) is 73.1 Å². The summed E-state index contributed by atoms with van der Waals surface area (Å²) >= 11 is 0. The Bertz CT molecular complexity index is 1180. The van der Waals surface area contributed by atoms with Crippen molar-refractivity contribution in [2.45, 2.75) is 180 Å². The number of allylic oxidation sites excluding steroid dienone is 10. The van der Waals surface area contributed by atoms with Crippen LogP contribution in [-0.4, -0.2) is 59.9 Å². The Hall–Kier alpha value is -2.82. The number of carbonyl (C=O) groups excluding carboxylic acids is 2. The van der Waals surface area contributed by atoms with Crippen LogP contribution in [0.1, 0.15) is 168 Å². The molecule has 0 aromatic heterocycles. The molecule has 0 aromatic rings. The minimum absolute atomic E-state index is 0.0910. The minimum atomic E-state index is -4.73. The molecule has 56 heavy (non-hydrogen) atoms. The molecule has 4 N–H and O–H groups in total. The lowest BCUT2D eigenvalue weighted by atomic mass is 10.1. The highest BCUT2D eigenvalue weighted by Gasteiger charge is 2.28. The van der Waals surface area contributed by atoms with Gasteiger partial charge in [0.05, 0.1) is 13.2 Å². The molecule has 0 aliphatic heterocycles. The number of unbranched alkanes of at least 4 members (excludes halogenated alkanes) is 15. The summed E-state index contributed by atoms with van der Waals surface area (Å²) in [6.07, 6.45) is 44.4. The molecule has 0 bridgehead atoms. The molecule has 0 fully saturated rings. The van der Waals surface area contributed by atoms with Crippen LogP contribution in [0.25, 0.3) is 0 Å². The first-order valence-electron chi connectivity index (χ1n) is 21.3. The number of carboxylic acid groups (broad SMARTS) is 1. The molecule has 0 aliphatic carbocycles. The van der Waals surface area contributed by atoms with Gasteiger partial charge < -0.3 is 25.2 Å². The average Bonchev–Trinajstić information content (AvgIpc) is 3.17. The molecular weight excluding hydrogens is 733 g/mol. The Morgan fingerprint density at radius 3 is 1.55 bits per heavy atom. The summed E-state index contributed by atoms with van der Waals surface area (Å²) in [6.45, 7) is 2.62. The molecule has 0 heterocycles. The summed E-state index contributed by atoms with van der Waals surface area (Å²) in [7, 11) is -4.73. The number of aliphatic carboxylic acids is 1. The van der Waals surface area contributed by atoms with Crippen molar-refractivity contribution in [3.05, 3.63) is 60.8 Å². The number of esters is 2. The number of nitrogens with two attached hydrogens (primary N) is 1. The summed E-state index contributed by atoms with van der Waals surface area (Å²) in [5.74, 6) is -2.46. The van der Waals surface area contributed by atoms with Crippen molar-refractivity contribution in [3.8, 4) is 0 Å². The van der Waals surface area contributed by atoms with Crippen LogP contribution in [0, 0.1) is 0 Å². The lowest BCUT2D eigenvalue weighted by Crippen LogP contribution is -2.34. The van der Waals surface area contributed by atoms with Crippen molar-refractivity contribution < 1.29 is 47.5 Å². The number of carbonyl (C=O) groups is 3. The fourth-order valence-electron chi connectivity index (χ4n) is 5.41. The van der Waals surface area contributed by atoms with Gasteiger partial charge in [0.1, 0.15) is 12.6 Å². The van der Waals surface area contributed by atoms with E-state index in [1.165, 1.54) is 57.8 Å². The van der Waals surface area contributed by atoms with Crippen LogP contribution >= 0.6 is 7.82 Å². The fraction of sp³-hybridized carbons (Fsp3) is 0.705. The molecule has 0 spiro atoms. The van der Waals surface area contributed by atoms with E-state index < -0.39 is 51.1 Å². The maximum absolute atomic E-state index is 12.6. The smallest absolute Gasteiger partial charge is 0.472 e. The lowest BCUT2D eigenvalue weighted by molar-refractivity contribution is -0.161. The lowest BCUT2D eigenvalue weighted by Gasteiger charge is -2.20. The first-order chi connectivity index (χ1) is 27.1. The molecule has 0 amide bonds. The molecule has 0 aliphatic rings. The van der Waals surface area contributed by atoms with Crippen LogP contribution in [0.2, 0.25) is 0 Å². The summed E-state index contributed by atoms with van der Waals surface area (Å²) < 4.78 is 32.6.